The molecular formula is C21H26O6S. The van der Waals surface area contributed by atoms with E-state index in [9.17, 15) is 23.4 Å². The van der Waals surface area contributed by atoms with Crippen LogP contribution in [0.5, 0.6) is 5.75 Å². The molecule has 2 rings (SSSR count). The number of hydrogen-bond donors (Lipinski definition) is 2. The Morgan fingerprint density at radius 3 is 2.21 bits per heavy atom. The second-order valence-electron chi connectivity index (χ2n) is 6.62. The minimum absolute atomic E-state index is 0.0288. The van der Waals surface area contributed by atoms with Crippen molar-refractivity contribution in [3.05, 3.63) is 60.2 Å². The average Bonchev–Trinajstić information content (AvgIpc) is 2.70. The van der Waals surface area contributed by atoms with Crippen molar-refractivity contribution in [2.75, 3.05) is 13.7 Å². The molecule has 0 fully saturated rings. The van der Waals surface area contributed by atoms with Crippen molar-refractivity contribution in [2.24, 2.45) is 5.92 Å². The van der Waals surface area contributed by atoms with Crippen LogP contribution in [0.3, 0.4) is 0 Å². The summed E-state index contributed by atoms with van der Waals surface area (Å²) >= 11 is 0. The first-order chi connectivity index (χ1) is 13.4. The van der Waals surface area contributed by atoms with Crippen LogP contribution >= 0.6 is 0 Å². The number of sulfone groups is 1. The van der Waals surface area contributed by atoms with Crippen molar-refractivity contribution in [3.63, 3.8) is 0 Å². The minimum Gasteiger partial charge on any atom is -0.497 e. The molecule has 6 nitrogen and oxygen atoms in total. The molecule has 0 spiro atoms. The molecule has 0 bridgehead atoms. The molecule has 2 aromatic carbocycles. The summed E-state index contributed by atoms with van der Waals surface area (Å²) in [6.07, 6.45) is 2.22. The molecule has 0 radical (unpaired) electrons. The highest BCUT2D eigenvalue weighted by molar-refractivity contribution is 7.92. The maximum Gasteiger partial charge on any atom is 0.310 e. The van der Waals surface area contributed by atoms with Gasteiger partial charge in [-0.15, -0.1) is 0 Å². The second-order valence-corrected chi connectivity index (χ2v) is 8.78. The number of benzene rings is 2. The molecule has 152 valence electrons. The Kier molecular flexibility index (Phi) is 8.02. The number of ether oxygens (including phenoxy) is 1. The average molecular weight is 407 g/mol. The van der Waals surface area contributed by atoms with Gasteiger partial charge in [0.05, 0.1) is 29.8 Å². The minimum atomic E-state index is -3.92. The molecule has 2 N–H and O–H groups in total. The summed E-state index contributed by atoms with van der Waals surface area (Å²) in [5.41, 5.74) is 1.15. The van der Waals surface area contributed by atoms with Crippen LogP contribution in [0.1, 0.15) is 24.8 Å². The summed E-state index contributed by atoms with van der Waals surface area (Å²) in [5, 5.41) is 17.8. The maximum atomic E-state index is 13.1. The van der Waals surface area contributed by atoms with E-state index in [-0.39, 0.29) is 11.3 Å². The number of aliphatic hydroxyl groups is 1. The topological polar surface area (TPSA) is 101 Å². The molecule has 0 amide bonds. The molecule has 0 aliphatic carbocycles. The third-order valence-corrected chi connectivity index (χ3v) is 7.09. The quantitative estimate of drug-likeness (QED) is 0.557. The highest BCUT2D eigenvalue weighted by atomic mass is 32.2. The predicted molar refractivity (Wildman–Crippen MR) is 106 cm³/mol. The molecule has 0 saturated heterocycles. The lowest BCUT2D eigenvalue weighted by Crippen LogP contribution is -2.37. The molecular weight excluding hydrogens is 380 g/mol. The third-order valence-electron chi connectivity index (χ3n) is 4.80. The van der Waals surface area contributed by atoms with Gasteiger partial charge in [-0.05, 0) is 49.1 Å². The zero-order valence-corrected chi connectivity index (χ0v) is 16.6. The van der Waals surface area contributed by atoms with E-state index in [4.69, 9.17) is 4.74 Å². The Bertz CT molecular complexity index is 846. The molecule has 2 aromatic rings. The lowest BCUT2D eigenvalue weighted by Gasteiger charge is -2.23. The van der Waals surface area contributed by atoms with Crippen LogP contribution in [-0.4, -0.2) is 43.6 Å². The first-order valence-corrected chi connectivity index (χ1v) is 10.7. The molecule has 0 saturated carbocycles. The molecule has 0 heterocycles. The summed E-state index contributed by atoms with van der Waals surface area (Å²) in [7, 11) is -2.45. The van der Waals surface area contributed by atoms with Crippen molar-refractivity contribution < 1.29 is 28.2 Å². The lowest BCUT2D eigenvalue weighted by atomic mass is 9.99. The summed E-state index contributed by atoms with van der Waals surface area (Å²) < 4.78 is 31.2. The third kappa shape index (κ3) is 5.56. The van der Waals surface area contributed by atoms with E-state index in [0.717, 1.165) is 18.4 Å². The smallest absolute Gasteiger partial charge is 0.310 e. The summed E-state index contributed by atoms with van der Waals surface area (Å²) in [5.74, 6) is -2.17. The predicted octanol–water partition coefficient (Wildman–Crippen LogP) is 2.94. The van der Waals surface area contributed by atoms with Gasteiger partial charge in [0.2, 0.25) is 0 Å². The lowest BCUT2D eigenvalue weighted by molar-refractivity contribution is -0.143. The molecule has 7 heteroatoms. The second kappa shape index (κ2) is 10.2. The highest BCUT2D eigenvalue weighted by Gasteiger charge is 2.38. The van der Waals surface area contributed by atoms with E-state index >= 15 is 0 Å². The number of carboxylic acids is 1. The first kappa shape index (κ1) is 21.9. The standard InChI is InChI=1S/C21H26O6S/c1-27-17-11-13-18(14-12-17)28(25,26)20(19(15-22)21(23)24)10-6-5-9-16-7-3-2-4-8-16/h2-4,7-8,11-14,19-20,22H,5-6,9-10,15H2,1H3,(H,23,24)/t19?,20-/m1/s1. The van der Waals surface area contributed by atoms with E-state index in [0.29, 0.717) is 12.2 Å². The number of carbonyl (C=O) groups is 1. The van der Waals surface area contributed by atoms with Gasteiger partial charge in [0.15, 0.2) is 9.84 Å². The summed E-state index contributed by atoms with van der Waals surface area (Å²) in [6, 6.07) is 15.7. The Hall–Kier alpha value is -2.38. The fourth-order valence-corrected chi connectivity index (χ4v) is 5.16. The van der Waals surface area contributed by atoms with E-state index in [1.54, 1.807) is 0 Å². The number of unbranched alkanes of at least 4 members (excludes halogenated alkanes) is 1. The number of carboxylic acid groups (broad SMARTS) is 1. The van der Waals surface area contributed by atoms with Gasteiger partial charge in [-0.25, -0.2) is 8.42 Å². The number of aliphatic hydroxyl groups excluding tert-OH is 1. The van der Waals surface area contributed by atoms with Gasteiger partial charge in [0.25, 0.3) is 0 Å². The molecule has 28 heavy (non-hydrogen) atoms. The van der Waals surface area contributed by atoms with Crippen LogP contribution in [0.2, 0.25) is 0 Å². The SMILES string of the molecule is COc1ccc(S(=O)(=O)[C@H](CCCCc2ccccc2)C(CO)C(=O)O)cc1. The van der Waals surface area contributed by atoms with Gasteiger partial charge in [0.1, 0.15) is 5.75 Å². The largest absolute Gasteiger partial charge is 0.497 e. The van der Waals surface area contributed by atoms with E-state index < -0.39 is 33.6 Å². The van der Waals surface area contributed by atoms with Crippen molar-refractivity contribution in [2.45, 2.75) is 35.8 Å². The molecule has 2 atom stereocenters. The molecule has 0 aromatic heterocycles. The zero-order chi connectivity index (χ0) is 20.6. The maximum absolute atomic E-state index is 13.1. The normalized spacial score (nSPS) is 13.6. The number of aryl methyl sites for hydroxylation is 1. The fraction of sp³-hybridized carbons (Fsp3) is 0.381. The van der Waals surface area contributed by atoms with Crippen LogP contribution in [-0.2, 0) is 21.1 Å². The van der Waals surface area contributed by atoms with Crippen LogP contribution in [0, 0.1) is 5.92 Å². The van der Waals surface area contributed by atoms with Crippen molar-refractivity contribution in [1.29, 1.82) is 0 Å². The van der Waals surface area contributed by atoms with Crippen molar-refractivity contribution >= 4 is 15.8 Å². The highest BCUT2D eigenvalue weighted by Crippen LogP contribution is 2.28. The number of rotatable bonds is 11. The van der Waals surface area contributed by atoms with E-state index in [1.165, 1.54) is 31.4 Å². The Morgan fingerprint density at radius 2 is 1.68 bits per heavy atom. The van der Waals surface area contributed by atoms with Crippen LogP contribution in [0.15, 0.2) is 59.5 Å². The van der Waals surface area contributed by atoms with Gasteiger partial charge >= 0.3 is 5.97 Å². The zero-order valence-electron chi connectivity index (χ0n) is 15.8. The molecule has 1 unspecified atom stereocenters. The Morgan fingerprint density at radius 1 is 1.04 bits per heavy atom. The first-order valence-electron chi connectivity index (χ1n) is 9.15. The van der Waals surface area contributed by atoms with E-state index in [2.05, 4.69) is 0 Å². The monoisotopic (exact) mass is 406 g/mol. The summed E-state index contributed by atoms with van der Waals surface area (Å²) in [6.45, 7) is -0.728. The fourth-order valence-electron chi connectivity index (χ4n) is 3.19. The van der Waals surface area contributed by atoms with Crippen molar-refractivity contribution in [3.8, 4) is 5.75 Å². The number of hydrogen-bond acceptors (Lipinski definition) is 5. The molecule has 0 aliphatic heterocycles. The van der Waals surface area contributed by atoms with Crippen LogP contribution < -0.4 is 4.74 Å². The van der Waals surface area contributed by atoms with Crippen LogP contribution in [0.4, 0.5) is 0 Å². The van der Waals surface area contributed by atoms with Gasteiger partial charge in [-0.2, -0.15) is 0 Å². The van der Waals surface area contributed by atoms with Gasteiger partial charge in [-0.1, -0.05) is 36.8 Å². The number of methoxy groups -OCH3 is 1. The number of aliphatic carboxylic acids is 1. The van der Waals surface area contributed by atoms with Gasteiger partial charge < -0.3 is 14.9 Å². The van der Waals surface area contributed by atoms with Crippen molar-refractivity contribution in [1.82, 2.24) is 0 Å². The van der Waals surface area contributed by atoms with Gasteiger partial charge in [0, 0.05) is 0 Å². The molecule has 0 aliphatic rings. The Balaban J connectivity index is 2.16. The van der Waals surface area contributed by atoms with Crippen LogP contribution in [0.25, 0.3) is 0 Å². The Labute approximate surface area is 165 Å². The van der Waals surface area contributed by atoms with Gasteiger partial charge in [-0.3, -0.25) is 4.79 Å². The van der Waals surface area contributed by atoms with E-state index in [1.807, 2.05) is 30.3 Å². The summed E-state index contributed by atoms with van der Waals surface area (Å²) in [4.78, 5) is 11.6.